The van der Waals surface area contributed by atoms with Crippen LogP contribution in [0.4, 0.5) is 0 Å². The molecule has 4 rings (SSSR count). The molecule has 6 nitrogen and oxygen atoms in total. The van der Waals surface area contributed by atoms with Gasteiger partial charge in [-0.3, -0.25) is 8.98 Å². The van der Waals surface area contributed by atoms with Gasteiger partial charge in [0.05, 0.1) is 6.10 Å². The van der Waals surface area contributed by atoms with E-state index in [2.05, 4.69) is 18.7 Å². The van der Waals surface area contributed by atoms with E-state index < -0.39 is 27.8 Å². The van der Waals surface area contributed by atoms with E-state index in [0.29, 0.717) is 32.1 Å². The number of benzene rings is 2. The Hall–Kier alpha value is -2.74. The fraction of sp³-hybridized carbons (Fsp3) is 0.346. The summed E-state index contributed by atoms with van der Waals surface area (Å²) in [5, 5.41) is 14.4. The SMILES string of the molecule is C=C(c1ccccc1)[C@@]12CC[C@H](OS(N)(=O)=O)C1CC(CCCC(=O)O)=C2c1ccccc1. The van der Waals surface area contributed by atoms with Crippen LogP contribution in [0, 0.1) is 11.3 Å². The maximum Gasteiger partial charge on any atom is 0.333 e. The lowest BCUT2D eigenvalue weighted by Gasteiger charge is -2.37. The second kappa shape index (κ2) is 9.25. The zero-order valence-corrected chi connectivity index (χ0v) is 19.3. The van der Waals surface area contributed by atoms with E-state index in [4.69, 9.17) is 14.4 Å². The van der Waals surface area contributed by atoms with Crippen molar-refractivity contribution in [3.63, 3.8) is 0 Å². The number of carboxylic acids is 1. The van der Waals surface area contributed by atoms with E-state index in [0.717, 1.165) is 27.8 Å². The van der Waals surface area contributed by atoms with Crippen LogP contribution in [-0.4, -0.2) is 25.6 Å². The van der Waals surface area contributed by atoms with Crippen molar-refractivity contribution in [3.05, 3.63) is 83.9 Å². The zero-order valence-electron chi connectivity index (χ0n) is 18.4. The molecular weight excluding hydrogens is 438 g/mol. The third-order valence-electron chi connectivity index (χ3n) is 7.02. The van der Waals surface area contributed by atoms with E-state index >= 15 is 0 Å². The van der Waals surface area contributed by atoms with Crippen LogP contribution >= 0.6 is 0 Å². The molecule has 1 fully saturated rings. The van der Waals surface area contributed by atoms with Gasteiger partial charge in [-0.15, -0.1) is 0 Å². The highest BCUT2D eigenvalue weighted by molar-refractivity contribution is 7.84. The third kappa shape index (κ3) is 4.67. The molecule has 0 radical (unpaired) electrons. The quantitative estimate of drug-likeness (QED) is 0.551. The molecule has 0 bridgehead atoms. The summed E-state index contributed by atoms with van der Waals surface area (Å²) in [7, 11) is -4.12. The molecule has 2 aromatic carbocycles. The molecule has 0 aromatic heterocycles. The molecule has 0 aliphatic heterocycles. The van der Waals surface area contributed by atoms with Crippen molar-refractivity contribution in [2.24, 2.45) is 16.5 Å². The summed E-state index contributed by atoms with van der Waals surface area (Å²) in [6.45, 7) is 4.53. The first-order valence-electron chi connectivity index (χ1n) is 11.2. The molecule has 33 heavy (non-hydrogen) atoms. The maximum absolute atomic E-state index is 11.9. The van der Waals surface area contributed by atoms with Crippen molar-refractivity contribution in [3.8, 4) is 0 Å². The number of carbonyl (C=O) groups is 1. The summed E-state index contributed by atoms with van der Waals surface area (Å²) in [5.74, 6) is -0.979. The third-order valence-corrected chi connectivity index (χ3v) is 7.54. The number of hydrogen-bond acceptors (Lipinski definition) is 4. The van der Waals surface area contributed by atoms with Gasteiger partial charge in [-0.1, -0.05) is 72.8 Å². The number of nitrogens with two attached hydrogens (primary N) is 1. The van der Waals surface area contributed by atoms with Gasteiger partial charge >= 0.3 is 16.3 Å². The lowest BCUT2D eigenvalue weighted by molar-refractivity contribution is -0.137. The second-order valence-corrected chi connectivity index (χ2v) is 10.1. The highest BCUT2D eigenvalue weighted by Gasteiger charge is 2.58. The van der Waals surface area contributed by atoms with Gasteiger partial charge in [0.2, 0.25) is 0 Å². The average molecular weight is 468 g/mol. The smallest absolute Gasteiger partial charge is 0.333 e. The van der Waals surface area contributed by atoms with Gasteiger partial charge in [-0.05, 0) is 54.4 Å². The number of carboxylic acid groups (broad SMARTS) is 1. The fourth-order valence-electron chi connectivity index (χ4n) is 5.83. The van der Waals surface area contributed by atoms with Crippen molar-refractivity contribution in [2.75, 3.05) is 0 Å². The van der Waals surface area contributed by atoms with Crippen molar-refractivity contribution >= 4 is 27.4 Å². The number of aliphatic carboxylic acids is 1. The number of hydrogen-bond donors (Lipinski definition) is 2. The summed E-state index contributed by atoms with van der Waals surface area (Å²) in [6.07, 6.45) is 2.51. The summed E-state index contributed by atoms with van der Waals surface area (Å²) in [6, 6.07) is 20.0. The Balaban J connectivity index is 1.85. The van der Waals surface area contributed by atoms with E-state index in [9.17, 15) is 13.2 Å². The Morgan fingerprint density at radius 2 is 1.76 bits per heavy atom. The minimum absolute atomic E-state index is 0.0833. The first-order valence-corrected chi connectivity index (χ1v) is 12.6. The fourth-order valence-corrected chi connectivity index (χ4v) is 6.40. The molecule has 1 saturated carbocycles. The van der Waals surface area contributed by atoms with Crippen LogP contribution < -0.4 is 5.14 Å². The minimum Gasteiger partial charge on any atom is -0.481 e. The van der Waals surface area contributed by atoms with Crippen LogP contribution in [0.2, 0.25) is 0 Å². The molecule has 0 spiro atoms. The van der Waals surface area contributed by atoms with Crippen LogP contribution in [0.15, 0.2) is 72.8 Å². The first kappa shape index (κ1) is 23.4. The van der Waals surface area contributed by atoms with Gasteiger partial charge in [0, 0.05) is 17.8 Å². The van der Waals surface area contributed by atoms with Crippen LogP contribution in [-0.2, 0) is 19.3 Å². The molecule has 0 saturated heterocycles. The summed E-state index contributed by atoms with van der Waals surface area (Å²) >= 11 is 0. The Kier molecular flexibility index (Phi) is 6.56. The Labute approximate surface area is 195 Å². The van der Waals surface area contributed by atoms with Crippen molar-refractivity contribution in [1.82, 2.24) is 0 Å². The molecule has 2 aliphatic rings. The molecule has 174 valence electrons. The summed E-state index contributed by atoms with van der Waals surface area (Å²) in [5.41, 5.74) is 4.75. The van der Waals surface area contributed by atoms with Crippen LogP contribution in [0.3, 0.4) is 0 Å². The highest BCUT2D eigenvalue weighted by atomic mass is 32.2. The number of allylic oxidation sites excluding steroid dienone is 3. The van der Waals surface area contributed by atoms with Crippen LogP contribution in [0.25, 0.3) is 11.1 Å². The van der Waals surface area contributed by atoms with E-state index in [1.165, 1.54) is 0 Å². The van der Waals surface area contributed by atoms with Gasteiger partial charge in [0.1, 0.15) is 0 Å². The zero-order chi connectivity index (χ0) is 23.6. The van der Waals surface area contributed by atoms with Crippen LogP contribution in [0.5, 0.6) is 0 Å². The molecule has 2 aliphatic carbocycles. The van der Waals surface area contributed by atoms with Crippen molar-refractivity contribution in [2.45, 2.75) is 44.6 Å². The topological polar surface area (TPSA) is 107 Å². The summed E-state index contributed by atoms with van der Waals surface area (Å²) < 4.78 is 29.1. The van der Waals surface area contributed by atoms with Gasteiger partial charge in [-0.25, -0.2) is 5.14 Å². The Bertz CT molecular complexity index is 1170. The van der Waals surface area contributed by atoms with Gasteiger partial charge < -0.3 is 5.11 Å². The summed E-state index contributed by atoms with van der Waals surface area (Å²) in [4.78, 5) is 11.2. The first-order chi connectivity index (χ1) is 15.7. The van der Waals surface area contributed by atoms with E-state index in [1.807, 2.05) is 48.5 Å². The number of rotatable bonds is 9. The number of fused-ring (bicyclic) bond motifs is 1. The molecule has 0 amide bonds. The lowest BCUT2D eigenvalue weighted by atomic mass is 9.66. The molecule has 1 unspecified atom stereocenters. The standard InChI is InChI=1S/C26H29NO5S/c1-18(19-9-4-2-5-10-19)26-16-15-23(32-33(27,30)31)22(26)17-21(13-8-14-24(28)29)25(26)20-11-6-3-7-12-20/h2-7,9-12,22-23H,1,8,13-17H2,(H,28,29)(H2,27,30,31)/t22?,23-,26-/m0/s1. The molecule has 3 N–H and O–H groups in total. The maximum atomic E-state index is 11.9. The lowest BCUT2D eigenvalue weighted by Crippen LogP contribution is -2.33. The van der Waals surface area contributed by atoms with Gasteiger partial charge in [0.25, 0.3) is 0 Å². The van der Waals surface area contributed by atoms with Crippen molar-refractivity contribution in [1.29, 1.82) is 0 Å². The minimum atomic E-state index is -4.12. The normalized spacial score (nSPS) is 24.6. The molecule has 0 heterocycles. The van der Waals surface area contributed by atoms with Gasteiger partial charge in [0.15, 0.2) is 0 Å². The van der Waals surface area contributed by atoms with Crippen molar-refractivity contribution < 1.29 is 22.5 Å². The van der Waals surface area contributed by atoms with Gasteiger partial charge in [-0.2, -0.15) is 8.42 Å². The van der Waals surface area contributed by atoms with E-state index in [1.54, 1.807) is 0 Å². The average Bonchev–Trinajstić information content (AvgIpc) is 3.28. The molecule has 7 heteroatoms. The Morgan fingerprint density at radius 1 is 1.12 bits per heavy atom. The highest BCUT2D eigenvalue weighted by Crippen LogP contribution is 2.66. The van der Waals surface area contributed by atoms with E-state index in [-0.39, 0.29) is 12.3 Å². The largest absolute Gasteiger partial charge is 0.481 e. The van der Waals surface area contributed by atoms with Crippen LogP contribution in [0.1, 0.15) is 49.7 Å². The monoisotopic (exact) mass is 467 g/mol. The molecule has 3 atom stereocenters. The predicted octanol–water partition coefficient (Wildman–Crippen LogP) is 4.80. The predicted molar refractivity (Wildman–Crippen MR) is 128 cm³/mol. The second-order valence-electron chi connectivity index (χ2n) is 8.88. The molecule has 2 aromatic rings. The molecular formula is C26H29NO5S. The Morgan fingerprint density at radius 3 is 2.36 bits per heavy atom.